The molecule has 10 nitrogen and oxygen atoms in total. The fraction of sp³-hybridized carbons (Fsp3) is 0.444. The van der Waals surface area contributed by atoms with Gasteiger partial charge in [-0.3, -0.25) is 29.4 Å². The van der Waals surface area contributed by atoms with Crippen molar-refractivity contribution in [3.8, 4) is 0 Å². The molecule has 3 aliphatic heterocycles. The topological polar surface area (TPSA) is 142 Å². The van der Waals surface area contributed by atoms with Crippen LogP contribution < -0.4 is 16.0 Å². The monoisotopic (exact) mass is 420 g/mol. The van der Waals surface area contributed by atoms with Crippen LogP contribution in [0.1, 0.15) is 33.6 Å². The van der Waals surface area contributed by atoms with E-state index < -0.39 is 44.8 Å². The number of carbonyl (C=O) groups is 4. The summed E-state index contributed by atoms with van der Waals surface area (Å²) in [6.07, 6.45) is 1.32. The third-order valence-corrected chi connectivity index (χ3v) is 7.10. The van der Waals surface area contributed by atoms with Crippen LogP contribution in [0.5, 0.6) is 0 Å². The number of carbonyl (C=O) groups excluding carboxylic acids is 4. The van der Waals surface area contributed by atoms with E-state index in [1.807, 2.05) is 0 Å². The number of amides is 4. The number of sulfone groups is 1. The lowest BCUT2D eigenvalue weighted by Gasteiger charge is -2.27. The molecule has 2 saturated heterocycles. The molecule has 2 fully saturated rings. The first-order valence-corrected chi connectivity index (χ1v) is 11.1. The molecule has 29 heavy (non-hydrogen) atoms. The van der Waals surface area contributed by atoms with E-state index in [1.165, 1.54) is 18.4 Å². The molecule has 154 valence electrons. The van der Waals surface area contributed by atoms with E-state index in [2.05, 4.69) is 16.0 Å². The van der Waals surface area contributed by atoms with E-state index >= 15 is 0 Å². The second-order valence-corrected chi connectivity index (χ2v) is 9.75. The lowest BCUT2D eigenvalue weighted by atomic mass is 10.0. The van der Waals surface area contributed by atoms with Crippen molar-refractivity contribution in [3.63, 3.8) is 0 Å². The largest absolute Gasteiger partial charge is 0.380 e. The van der Waals surface area contributed by atoms with Gasteiger partial charge in [-0.1, -0.05) is 0 Å². The van der Waals surface area contributed by atoms with Gasteiger partial charge < -0.3 is 10.6 Å². The van der Waals surface area contributed by atoms with Crippen molar-refractivity contribution in [1.82, 2.24) is 15.5 Å². The molecule has 0 aromatic heterocycles. The SMILES string of the molecule is CS(=O)(=O)[C@@H]1CNC[C@H]1Nc1ccc2c(c1)C(=O)N(C1CCC(=O)NC1=O)C2=O. The van der Waals surface area contributed by atoms with Gasteiger partial charge in [-0.05, 0) is 24.6 Å². The molecule has 0 saturated carbocycles. The second kappa shape index (κ2) is 6.92. The number of hydrogen-bond acceptors (Lipinski definition) is 8. The van der Waals surface area contributed by atoms with Gasteiger partial charge in [-0.2, -0.15) is 0 Å². The molecule has 3 heterocycles. The number of fused-ring (bicyclic) bond motifs is 1. The standard InChI is InChI=1S/C18H20N4O6S/c1-29(27,28)14-8-19-7-12(14)20-9-2-3-10-11(6-9)18(26)22(17(10)25)13-4-5-15(23)21-16(13)24/h2-3,6,12-14,19-20H,4-5,7-8H2,1H3,(H,21,23,24)/t12-,13?,14-/m1/s1. The third-order valence-electron chi connectivity index (χ3n) is 5.50. The van der Waals surface area contributed by atoms with E-state index in [4.69, 9.17) is 0 Å². The zero-order chi connectivity index (χ0) is 20.9. The van der Waals surface area contributed by atoms with Gasteiger partial charge in [0.1, 0.15) is 6.04 Å². The van der Waals surface area contributed by atoms with Gasteiger partial charge in [0.05, 0.1) is 22.4 Å². The van der Waals surface area contributed by atoms with Crippen LogP contribution in [0.3, 0.4) is 0 Å². The molecule has 3 N–H and O–H groups in total. The highest BCUT2D eigenvalue weighted by molar-refractivity contribution is 7.91. The number of piperidine rings is 1. The molecule has 1 unspecified atom stereocenters. The lowest BCUT2D eigenvalue weighted by Crippen LogP contribution is -2.54. The minimum atomic E-state index is -3.26. The first-order valence-electron chi connectivity index (χ1n) is 9.18. The van der Waals surface area contributed by atoms with E-state index in [0.717, 1.165) is 4.90 Å². The summed E-state index contributed by atoms with van der Waals surface area (Å²) in [4.78, 5) is 49.9. The summed E-state index contributed by atoms with van der Waals surface area (Å²) < 4.78 is 23.9. The zero-order valence-electron chi connectivity index (χ0n) is 15.6. The molecule has 0 aliphatic carbocycles. The molecule has 1 aromatic rings. The van der Waals surface area contributed by atoms with Crippen molar-refractivity contribution in [2.75, 3.05) is 24.7 Å². The van der Waals surface area contributed by atoms with Crippen LogP contribution in [0.2, 0.25) is 0 Å². The number of rotatable bonds is 4. The summed E-state index contributed by atoms with van der Waals surface area (Å²) in [6.45, 7) is 0.784. The van der Waals surface area contributed by atoms with Crippen LogP contribution in [0.4, 0.5) is 5.69 Å². The summed E-state index contributed by atoms with van der Waals surface area (Å²) in [6, 6.07) is 3.20. The number of imide groups is 2. The van der Waals surface area contributed by atoms with E-state index in [-0.39, 0.29) is 30.0 Å². The lowest BCUT2D eigenvalue weighted by molar-refractivity contribution is -0.136. The minimum absolute atomic E-state index is 0.0537. The molecule has 3 aliphatic rings. The number of nitrogens with zero attached hydrogens (tertiary/aromatic N) is 1. The summed E-state index contributed by atoms with van der Waals surface area (Å²) in [5.41, 5.74) is 0.832. The van der Waals surface area contributed by atoms with Gasteiger partial charge in [-0.15, -0.1) is 0 Å². The predicted octanol–water partition coefficient (Wildman–Crippen LogP) is -1.12. The van der Waals surface area contributed by atoms with Gasteiger partial charge >= 0.3 is 0 Å². The van der Waals surface area contributed by atoms with E-state index in [0.29, 0.717) is 18.8 Å². The van der Waals surface area contributed by atoms with E-state index in [1.54, 1.807) is 6.07 Å². The number of benzene rings is 1. The Balaban J connectivity index is 1.57. The molecule has 0 spiro atoms. The Morgan fingerprint density at radius 2 is 1.79 bits per heavy atom. The molecule has 0 radical (unpaired) electrons. The summed E-state index contributed by atoms with van der Waals surface area (Å²) in [5, 5.41) is 7.71. The normalized spacial score (nSPS) is 27.2. The molecular weight excluding hydrogens is 400 g/mol. The van der Waals surface area contributed by atoms with Crippen molar-refractivity contribution in [3.05, 3.63) is 29.3 Å². The van der Waals surface area contributed by atoms with Crippen molar-refractivity contribution in [1.29, 1.82) is 0 Å². The van der Waals surface area contributed by atoms with Crippen LogP contribution in [0.25, 0.3) is 0 Å². The first-order chi connectivity index (χ1) is 13.7. The average molecular weight is 420 g/mol. The van der Waals surface area contributed by atoms with Gasteiger partial charge in [0.15, 0.2) is 9.84 Å². The Kier molecular flexibility index (Phi) is 4.66. The van der Waals surface area contributed by atoms with Gasteiger partial charge in [-0.25, -0.2) is 8.42 Å². The van der Waals surface area contributed by atoms with Crippen LogP contribution in [0, 0.1) is 0 Å². The Morgan fingerprint density at radius 1 is 1.07 bits per heavy atom. The quantitative estimate of drug-likeness (QED) is 0.521. The molecule has 0 bridgehead atoms. The summed E-state index contributed by atoms with van der Waals surface area (Å²) in [5.74, 6) is -2.28. The molecule has 3 atom stereocenters. The van der Waals surface area contributed by atoms with Crippen molar-refractivity contribution < 1.29 is 27.6 Å². The molecule has 11 heteroatoms. The highest BCUT2D eigenvalue weighted by Crippen LogP contribution is 2.30. The molecule has 1 aromatic carbocycles. The van der Waals surface area contributed by atoms with Crippen LogP contribution in [-0.2, 0) is 19.4 Å². The number of anilines is 1. The van der Waals surface area contributed by atoms with Crippen LogP contribution in [-0.4, -0.2) is 73.6 Å². The zero-order valence-corrected chi connectivity index (χ0v) is 16.4. The Labute approximate surface area is 166 Å². The first kappa shape index (κ1) is 19.5. The average Bonchev–Trinajstić information content (AvgIpc) is 3.20. The smallest absolute Gasteiger partial charge is 0.262 e. The third kappa shape index (κ3) is 3.40. The Bertz CT molecular complexity index is 1040. The van der Waals surface area contributed by atoms with Crippen molar-refractivity contribution >= 4 is 39.2 Å². The van der Waals surface area contributed by atoms with Crippen molar-refractivity contribution in [2.24, 2.45) is 0 Å². The maximum atomic E-state index is 12.9. The second-order valence-electron chi connectivity index (χ2n) is 7.48. The number of hydrogen-bond donors (Lipinski definition) is 3. The van der Waals surface area contributed by atoms with Gasteiger partial charge in [0.25, 0.3) is 11.8 Å². The van der Waals surface area contributed by atoms with E-state index in [9.17, 15) is 27.6 Å². The Hall–Kier alpha value is -2.79. The fourth-order valence-corrected chi connectivity index (χ4v) is 5.21. The summed E-state index contributed by atoms with van der Waals surface area (Å²) in [7, 11) is -3.26. The molecule has 4 amide bonds. The highest BCUT2D eigenvalue weighted by Gasteiger charge is 2.44. The maximum absolute atomic E-state index is 12.9. The number of nitrogens with one attached hydrogen (secondary N) is 3. The van der Waals surface area contributed by atoms with Crippen molar-refractivity contribution in [2.45, 2.75) is 30.2 Å². The van der Waals surface area contributed by atoms with Gasteiger partial charge in [0, 0.05) is 31.5 Å². The highest BCUT2D eigenvalue weighted by atomic mass is 32.2. The maximum Gasteiger partial charge on any atom is 0.262 e. The molecular formula is C18H20N4O6S. The predicted molar refractivity (Wildman–Crippen MR) is 102 cm³/mol. The van der Waals surface area contributed by atoms with Gasteiger partial charge in [0.2, 0.25) is 11.8 Å². The van der Waals surface area contributed by atoms with Crippen LogP contribution in [0.15, 0.2) is 18.2 Å². The minimum Gasteiger partial charge on any atom is -0.380 e. The fourth-order valence-electron chi connectivity index (χ4n) is 4.02. The molecule has 4 rings (SSSR count). The Morgan fingerprint density at radius 3 is 2.48 bits per heavy atom. The summed E-state index contributed by atoms with van der Waals surface area (Å²) >= 11 is 0. The van der Waals surface area contributed by atoms with Crippen LogP contribution >= 0.6 is 0 Å².